The van der Waals surface area contributed by atoms with Crippen LogP contribution >= 0.6 is 0 Å². The monoisotopic (exact) mass is 253 g/mol. The van der Waals surface area contributed by atoms with E-state index in [0.29, 0.717) is 24.9 Å². The summed E-state index contributed by atoms with van der Waals surface area (Å²) >= 11 is 0. The largest absolute Gasteiger partial charge is 0.385 e. The van der Waals surface area contributed by atoms with E-state index < -0.39 is 0 Å². The zero-order valence-corrected chi connectivity index (χ0v) is 11.3. The van der Waals surface area contributed by atoms with Crippen LogP contribution in [0.15, 0.2) is 4.99 Å². The van der Waals surface area contributed by atoms with E-state index in [1.165, 1.54) is 12.8 Å². The third-order valence-corrected chi connectivity index (χ3v) is 3.83. The Hall–Kier alpha value is -1.10. The van der Waals surface area contributed by atoms with Crippen LogP contribution < -0.4 is 5.73 Å². The van der Waals surface area contributed by atoms with E-state index in [1.54, 1.807) is 12.0 Å². The minimum Gasteiger partial charge on any atom is -0.385 e. The van der Waals surface area contributed by atoms with E-state index in [1.807, 2.05) is 6.92 Å². The Bertz CT molecular complexity index is 339. The number of rotatable bonds is 6. The fraction of sp³-hybridized carbons (Fsp3) is 0.846. The van der Waals surface area contributed by atoms with Crippen LogP contribution in [-0.2, 0) is 9.53 Å². The lowest BCUT2D eigenvalue weighted by Gasteiger charge is -2.35. The van der Waals surface area contributed by atoms with Crippen LogP contribution in [0.1, 0.15) is 39.0 Å². The van der Waals surface area contributed by atoms with Crippen molar-refractivity contribution in [2.75, 3.05) is 13.7 Å². The van der Waals surface area contributed by atoms with Gasteiger partial charge in [-0.15, -0.1) is 0 Å². The van der Waals surface area contributed by atoms with Crippen molar-refractivity contribution in [2.24, 2.45) is 16.6 Å². The average molecular weight is 253 g/mol. The molecule has 5 heteroatoms. The lowest BCUT2D eigenvalue weighted by atomic mass is 10.0. The summed E-state index contributed by atoms with van der Waals surface area (Å²) in [6, 6.07) is 0.245. The van der Waals surface area contributed by atoms with E-state index >= 15 is 0 Å². The number of hydrogen-bond donors (Lipinski definition) is 1. The van der Waals surface area contributed by atoms with Crippen LogP contribution in [0.2, 0.25) is 0 Å². The van der Waals surface area contributed by atoms with Crippen molar-refractivity contribution in [2.45, 2.75) is 51.1 Å². The van der Waals surface area contributed by atoms with Gasteiger partial charge in [-0.1, -0.05) is 6.92 Å². The Morgan fingerprint density at radius 1 is 1.56 bits per heavy atom. The van der Waals surface area contributed by atoms with Gasteiger partial charge in [0.05, 0.1) is 6.04 Å². The smallest absolute Gasteiger partial charge is 0.231 e. The number of nitrogens with two attached hydrogens (primary N) is 1. The summed E-state index contributed by atoms with van der Waals surface area (Å²) in [5.41, 5.74) is 5.99. The van der Waals surface area contributed by atoms with Crippen molar-refractivity contribution in [1.82, 2.24) is 4.90 Å². The molecule has 1 unspecified atom stereocenters. The van der Waals surface area contributed by atoms with Gasteiger partial charge in [-0.05, 0) is 31.6 Å². The standard InChI is InChI=1S/C13H23N3O2/c1-3-10-8-12(17)16(13(14)15-10)11(6-7-18-2)9-4-5-9/h9-11H,3-8H2,1-2H3,(H2,14,15)/t10-,11?/m1/s1. The molecule has 5 nitrogen and oxygen atoms in total. The summed E-state index contributed by atoms with van der Waals surface area (Å²) in [5.74, 6) is 1.12. The Morgan fingerprint density at radius 2 is 2.28 bits per heavy atom. The molecule has 0 aromatic heterocycles. The van der Waals surface area contributed by atoms with E-state index in [2.05, 4.69) is 4.99 Å². The van der Waals surface area contributed by atoms with Crippen LogP contribution in [-0.4, -0.2) is 42.6 Å². The second-order valence-corrected chi connectivity index (χ2v) is 5.20. The van der Waals surface area contributed by atoms with Gasteiger partial charge in [0.15, 0.2) is 5.96 Å². The van der Waals surface area contributed by atoms with E-state index in [0.717, 1.165) is 12.8 Å². The lowest BCUT2D eigenvalue weighted by molar-refractivity contribution is -0.130. The summed E-state index contributed by atoms with van der Waals surface area (Å²) in [4.78, 5) is 18.4. The number of carbonyl (C=O) groups excluding carboxylic acids is 1. The number of aliphatic imine (C=N–C) groups is 1. The molecule has 2 rings (SSSR count). The first-order valence-electron chi connectivity index (χ1n) is 6.81. The van der Waals surface area contributed by atoms with E-state index in [9.17, 15) is 4.79 Å². The molecule has 0 aromatic carbocycles. The molecule has 1 aliphatic carbocycles. The van der Waals surface area contributed by atoms with Crippen molar-refractivity contribution in [3.63, 3.8) is 0 Å². The van der Waals surface area contributed by atoms with Crippen molar-refractivity contribution in [1.29, 1.82) is 0 Å². The van der Waals surface area contributed by atoms with Crippen LogP contribution in [0.3, 0.4) is 0 Å². The predicted molar refractivity (Wildman–Crippen MR) is 70.2 cm³/mol. The number of carbonyl (C=O) groups is 1. The van der Waals surface area contributed by atoms with Gasteiger partial charge in [0, 0.05) is 26.2 Å². The van der Waals surface area contributed by atoms with Gasteiger partial charge in [0.2, 0.25) is 5.91 Å². The molecule has 102 valence electrons. The zero-order valence-electron chi connectivity index (χ0n) is 11.3. The molecule has 1 heterocycles. The molecule has 1 saturated carbocycles. The van der Waals surface area contributed by atoms with E-state index in [4.69, 9.17) is 10.5 Å². The topological polar surface area (TPSA) is 67.9 Å². The zero-order chi connectivity index (χ0) is 13.1. The molecule has 2 aliphatic rings. The van der Waals surface area contributed by atoms with Gasteiger partial charge >= 0.3 is 0 Å². The molecule has 18 heavy (non-hydrogen) atoms. The first-order valence-corrected chi connectivity index (χ1v) is 6.81. The molecular weight excluding hydrogens is 230 g/mol. The highest BCUT2D eigenvalue weighted by atomic mass is 16.5. The Kier molecular flexibility index (Phi) is 4.22. The number of hydrogen-bond acceptors (Lipinski definition) is 4. The van der Waals surface area contributed by atoms with Gasteiger partial charge in [0.1, 0.15) is 0 Å². The van der Waals surface area contributed by atoms with Gasteiger partial charge in [-0.3, -0.25) is 9.69 Å². The number of guanidine groups is 1. The maximum absolute atomic E-state index is 12.2. The molecule has 1 aliphatic heterocycles. The van der Waals surface area contributed by atoms with Crippen molar-refractivity contribution in [3.05, 3.63) is 0 Å². The van der Waals surface area contributed by atoms with Gasteiger partial charge in [-0.2, -0.15) is 0 Å². The molecule has 2 atom stereocenters. The molecular formula is C13H23N3O2. The van der Waals surface area contributed by atoms with E-state index in [-0.39, 0.29) is 18.0 Å². The average Bonchev–Trinajstić information content (AvgIpc) is 3.16. The highest BCUT2D eigenvalue weighted by Crippen LogP contribution is 2.38. The Morgan fingerprint density at radius 3 is 2.78 bits per heavy atom. The van der Waals surface area contributed by atoms with Gasteiger partial charge < -0.3 is 10.5 Å². The molecule has 0 saturated heterocycles. The molecule has 1 fully saturated rings. The molecule has 2 N–H and O–H groups in total. The van der Waals surface area contributed by atoms with Crippen molar-refractivity contribution >= 4 is 11.9 Å². The summed E-state index contributed by atoms with van der Waals surface area (Å²) in [6.45, 7) is 2.70. The predicted octanol–water partition coefficient (Wildman–Crippen LogP) is 1.13. The minimum atomic E-state index is 0.0658. The second-order valence-electron chi connectivity index (χ2n) is 5.20. The summed E-state index contributed by atoms with van der Waals surface area (Å²) < 4.78 is 5.14. The molecule has 1 amide bonds. The molecule has 0 radical (unpaired) electrons. The van der Waals surface area contributed by atoms with Gasteiger partial charge in [-0.25, -0.2) is 4.99 Å². The van der Waals surface area contributed by atoms with Crippen molar-refractivity contribution in [3.8, 4) is 0 Å². The lowest BCUT2D eigenvalue weighted by Crippen LogP contribution is -2.53. The fourth-order valence-corrected chi connectivity index (χ4v) is 2.61. The molecule has 0 bridgehead atoms. The number of ether oxygens (including phenoxy) is 1. The molecule has 0 spiro atoms. The number of nitrogens with zero attached hydrogens (tertiary/aromatic N) is 2. The Balaban J connectivity index is 2.10. The van der Waals surface area contributed by atoms with Gasteiger partial charge in [0.25, 0.3) is 0 Å². The normalized spacial score (nSPS) is 26.1. The summed E-state index contributed by atoms with van der Waals surface area (Å²) in [6.07, 6.45) is 4.57. The maximum atomic E-state index is 12.2. The highest BCUT2D eigenvalue weighted by molar-refractivity contribution is 5.98. The second kappa shape index (κ2) is 5.69. The number of amides is 1. The summed E-state index contributed by atoms with van der Waals surface area (Å²) in [5, 5.41) is 0. The van der Waals surface area contributed by atoms with Crippen LogP contribution in [0.25, 0.3) is 0 Å². The quantitative estimate of drug-likeness (QED) is 0.771. The minimum absolute atomic E-state index is 0.0658. The first kappa shape index (κ1) is 13.3. The SMILES string of the molecule is CC[C@@H]1CC(=O)N(C(CCOC)C2CC2)C(N)=N1. The first-order chi connectivity index (χ1) is 8.67. The number of methoxy groups -OCH3 is 1. The third-order valence-electron chi connectivity index (χ3n) is 3.83. The third kappa shape index (κ3) is 2.83. The molecule has 0 aromatic rings. The Labute approximate surface area is 108 Å². The van der Waals surface area contributed by atoms with Crippen LogP contribution in [0, 0.1) is 5.92 Å². The van der Waals surface area contributed by atoms with Crippen molar-refractivity contribution < 1.29 is 9.53 Å². The highest BCUT2D eigenvalue weighted by Gasteiger charge is 2.40. The summed E-state index contributed by atoms with van der Waals surface area (Å²) in [7, 11) is 1.69. The van der Waals surface area contributed by atoms with Crippen LogP contribution in [0.5, 0.6) is 0 Å². The fourth-order valence-electron chi connectivity index (χ4n) is 2.61. The maximum Gasteiger partial charge on any atom is 0.231 e. The van der Waals surface area contributed by atoms with Crippen LogP contribution in [0.4, 0.5) is 0 Å².